The number of hydrogen-bond acceptors (Lipinski definition) is 3. The third-order valence-electron chi connectivity index (χ3n) is 2.78. The van der Waals surface area contributed by atoms with E-state index >= 15 is 0 Å². The molecule has 6 heteroatoms. The molecule has 2 aromatic carbocycles. The van der Waals surface area contributed by atoms with Crippen molar-refractivity contribution in [2.24, 2.45) is 0 Å². The number of rotatable bonds is 3. The van der Waals surface area contributed by atoms with Crippen molar-refractivity contribution >= 4 is 17.6 Å². The number of nitrogens with one attached hydrogen (secondary N) is 1. The Morgan fingerprint density at radius 3 is 2.38 bits per heavy atom. The first-order chi connectivity index (χ1) is 10.0. The van der Waals surface area contributed by atoms with E-state index in [0.717, 1.165) is 6.07 Å². The minimum absolute atomic E-state index is 0.0114. The lowest BCUT2D eigenvalue weighted by molar-refractivity contribution is 0.0692. The number of anilines is 1. The van der Waals surface area contributed by atoms with Gasteiger partial charge in [-0.05, 0) is 24.3 Å². The normalized spacial score (nSPS) is 9.71. The first kappa shape index (κ1) is 14.2. The summed E-state index contributed by atoms with van der Waals surface area (Å²) in [5.74, 6) is -2.74. The van der Waals surface area contributed by atoms with Crippen molar-refractivity contribution in [3.05, 3.63) is 65.0 Å². The number of hydrogen-bond donors (Lipinski definition) is 2. The molecule has 104 valence electrons. The van der Waals surface area contributed by atoms with Crippen molar-refractivity contribution in [1.29, 1.82) is 5.26 Å². The third-order valence-corrected chi connectivity index (χ3v) is 2.78. The molecule has 21 heavy (non-hydrogen) atoms. The quantitative estimate of drug-likeness (QED) is 0.906. The van der Waals surface area contributed by atoms with Gasteiger partial charge in [-0.25, -0.2) is 9.18 Å². The van der Waals surface area contributed by atoms with Gasteiger partial charge in [-0.1, -0.05) is 18.2 Å². The fraction of sp³-hybridized carbons (Fsp3) is 0. The number of nitriles is 1. The van der Waals surface area contributed by atoms with Crippen molar-refractivity contribution in [1.82, 2.24) is 0 Å². The highest BCUT2D eigenvalue weighted by molar-refractivity contribution is 6.11. The molecular weight excluding hydrogens is 275 g/mol. The number of carboxylic acid groups (broad SMARTS) is 1. The maximum Gasteiger partial charge on any atom is 0.336 e. The van der Waals surface area contributed by atoms with Crippen LogP contribution in [0.3, 0.4) is 0 Å². The van der Waals surface area contributed by atoms with Crippen molar-refractivity contribution in [2.75, 3.05) is 5.32 Å². The van der Waals surface area contributed by atoms with E-state index in [0.29, 0.717) is 0 Å². The van der Waals surface area contributed by atoms with Crippen molar-refractivity contribution in [3.8, 4) is 6.07 Å². The van der Waals surface area contributed by atoms with Crippen LogP contribution >= 0.6 is 0 Å². The second-order valence-corrected chi connectivity index (χ2v) is 4.08. The van der Waals surface area contributed by atoms with Crippen molar-refractivity contribution in [2.45, 2.75) is 0 Å². The van der Waals surface area contributed by atoms with Gasteiger partial charge in [0.15, 0.2) is 0 Å². The number of aromatic carboxylic acids is 1. The highest BCUT2D eigenvalue weighted by atomic mass is 19.1. The Labute approximate surface area is 119 Å². The van der Waals surface area contributed by atoms with E-state index in [1.54, 1.807) is 6.07 Å². The van der Waals surface area contributed by atoms with Gasteiger partial charge in [0.05, 0.1) is 16.8 Å². The number of carbonyl (C=O) groups is 2. The van der Waals surface area contributed by atoms with Crippen LogP contribution in [0, 0.1) is 17.1 Å². The fourth-order valence-electron chi connectivity index (χ4n) is 1.80. The summed E-state index contributed by atoms with van der Waals surface area (Å²) in [6.07, 6.45) is 0. The second-order valence-electron chi connectivity index (χ2n) is 4.08. The Bertz CT molecular complexity index is 766. The van der Waals surface area contributed by atoms with Crippen LogP contribution in [0.4, 0.5) is 10.1 Å². The zero-order valence-electron chi connectivity index (χ0n) is 10.6. The summed E-state index contributed by atoms with van der Waals surface area (Å²) in [5.41, 5.74) is -0.565. The van der Waals surface area contributed by atoms with Crippen molar-refractivity contribution < 1.29 is 19.1 Å². The molecular formula is C15H9FN2O3. The Kier molecular flexibility index (Phi) is 3.95. The largest absolute Gasteiger partial charge is 0.478 e. The van der Waals surface area contributed by atoms with E-state index in [1.165, 1.54) is 36.4 Å². The van der Waals surface area contributed by atoms with Gasteiger partial charge in [0.1, 0.15) is 17.4 Å². The van der Waals surface area contributed by atoms with Gasteiger partial charge in [0, 0.05) is 0 Å². The number of carbonyl (C=O) groups excluding carboxylic acids is 1. The van der Waals surface area contributed by atoms with E-state index in [-0.39, 0.29) is 22.4 Å². The molecule has 0 heterocycles. The summed E-state index contributed by atoms with van der Waals surface area (Å²) in [6.45, 7) is 0. The Balaban J connectivity index is 2.38. The molecule has 0 spiro atoms. The number of halogens is 1. The predicted octanol–water partition coefficient (Wildman–Crippen LogP) is 2.65. The van der Waals surface area contributed by atoms with Gasteiger partial charge < -0.3 is 10.4 Å². The Hall–Kier alpha value is -3.20. The van der Waals surface area contributed by atoms with E-state index in [1.807, 2.05) is 0 Å². The van der Waals surface area contributed by atoms with E-state index in [4.69, 9.17) is 10.4 Å². The lowest BCUT2D eigenvalue weighted by atomic mass is 10.1. The van der Waals surface area contributed by atoms with E-state index < -0.39 is 17.7 Å². The number of carboxylic acids is 1. The molecule has 5 nitrogen and oxygen atoms in total. The molecule has 0 saturated carbocycles. The van der Waals surface area contributed by atoms with Crippen LogP contribution in [0.15, 0.2) is 42.5 Å². The number of nitrogens with zero attached hydrogens (tertiary/aromatic N) is 1. The molecule has 0 saturated heterocycles. The molecule has 0 aromatic heterocycles. The molecule has 0 fully saturated rings. The molecule has 0 aliphatic heterocycles. The predicted molar refractivity (Wildman–Crippen MR) is 72.5 cm³/mol. The topological polar surface area (TPSA) is 90.2 Å². The molecule has 0 bridgehead atoms. The Morgan fingerprint density at radius 2 is 1.76 bits per heavy atom. The van der Waals surface area contributed by atoms with Crippen LogP contribution in [0.2, 0.25) is 0 Å². The van der Waals surface area contributed by atoms with Crippen molar-refractivity contribution in [3.63, 3.8) is 0 Å². The van der Waals surface area contributed by atoms with Gasteiger partial charge in [-0.3, -0.25) is 4.79 Å². The zero-order chi connectivity index (χ0) is 15.4. The maximum atomic E-state index is 13.4. The van der Waals surface area contributed by atoms with Gasteiger partial charge >= 0.3 is 5.97 Å². The molecule has 0 aliphatic carbocycles. The smallest absolute Gasteiger partial charge is 0.336 e. The summed E-state index contributed by atoms with van der Waals surface area (Å²) in [5, 5.41) is 20.3. The van der Waals surface area contributed by atoms with Gasteiger partial charge in [0.25, 0.3) is 5.91 Å². The SMILES string of the molecule is N#Cc1c(F)cccc1NC(=O)c1ccccc1C(=O)O. The standard InChI is InChI=1S/C15H9FN2O3/c16-12-6-3-7-13(11(12)8-17)18-14(19)9-4-1-2-5-10(9)15(20)21/h1-7H,(H,18,19)(H,20,21). The van der Waals surface area contributed by atoms with Gasteiger partial charge in [-0.2, -0.15) is 5.26 Å². The molecule has 2 rings (SSSR count). The Morgan fingerprint density at radius 1 is 1.10 bits per heavy atom. The summed E-state index contributed by atoms with van der Waals surface area (Å²) < 4.78 is 13.4. The van der Waals surface area contributed by atoms with Crippen LogP contribution in [0.5, 0.6) is 0 Å². The molecule has 1 amide bonds. The molecule has 0 aliphatic rings. The van der Waals surface area contributed by atoms with Gasteiger partial charge in [-0.15, -0.1) is 0 Å². The molecule has 0 radical (unpaired) electrons. The second kappa shape index (κ2) is 5.84. The molecule has 2 N–H and O–H groups in total. The lowest BCUT2D eigenvalue weighted by Crippen LogP contribution is -2.17. The highest BCUT2D eigenvalue weighted by Gasteiger charge is 2.17. The van der Waals surface area contributed by atoms with Crippen LogP contribution < -0.4 is 5.32 Å². The van der Waals surface area contributed by atoms with Crippen LogP contribution in [0.25, 0.3) is 0 Å². The summed E-state index contributed by atoms with van der Waals surface area (Å²) >= 11 is 0. The number of benzene rings is 2. The molecule has 2 aromatic rings. The van der Waals surface area contributed by atoms with Crippen LogP contribution in [-0.4, -0.2) is 17.0 Å². The average Bonchev–Trinajstić information content (AvgIpc) is 2.47. The maximum absolute atomic E-state index is 13.4. The molecule has 0 unspecified atom stereocenters. The average molecular weight is 284 g/mol. The summed E-state index contributed by atoms with van der Waals surface area (Å²) in [6, 6.07) is 11.1. The van der Waals surface area contributed by atoms with Crippen LogP contribution in [0.1, 0.15) is 26.3 Å². The number of amides is 1. The summed E-state index contributed by atoms with van der Waals surface area (Å²) in [4.78, 5) is 23.2. The lowest BCUT2D eigenvalue weighted by Gasteiger charge is -2.09. The fourth-order valence-corrected chi connectivity index (χ4v) is 1.80. The van der Waals surface area contributed by atoms with E-state index in [2.05, 4.69) is 5.32 Å². The third kappa shape index (κ3) is 2.87. The monoisotopic (exact) mass is 284 g/mol. The first-order valence-electron chi connectivity index (χ1n) is 5.87. The minimum Gasteiger partial charge on any atom is -0.478 e. The highest BCUT2D eigenvalue weighted by Crippen LogP contribution is 2.19. The van der Waals surface area contributed by atoms with Gasteiger partial charge in [0.2, 0.25) is 0 Å². The molecule has 0 atom stereocenters. The summed E-state index contributed by atoms with van der Waals surface area (Å²) in [7, 11) is 0. The van der Waals surface area contributed by atoms with E-state index in [9.17, 15) is 14.0 Å². The first-order valence-corrected chi connectivity index (χ1v) is 5.87. The zero-order valence-corrected chi connectivity index (χ0v) is 10.6. The minimum atomic E-state index is -1.25. The van der Waals surface area contributed by atoms with Crippen LogP contribution in [-0.2, 0) is 0 Å².